The third-order valence-electron chi connectivity index (χ3n) is 2.97. The molecule has 1 aromatic carbocycles. The average Bonchev–Trinajstić information content (AvgIpc) is 2.33. The molecule has 0 spiro atoms. The van der Waals surface area contributed by atoms with Gasteiger partial charge in [-0.3, -0.25) is 4.79 Å². The van der Waals surface area contributed by atoms with Crippen molar-refractivity contribution in [3.63, 3.8) is 0 Å². The molecule has 1 aliphatic heterocycles. The number of halogens is 1. The summed E-state index contributed by atoms with van der Waals surface area (Å²) in [5.41, 5.74) is -0.00908. The van der Waals surface area contributed by atoms with E-state index in [4.69, 9.17) is 21.4 Å². The fourth-order valence-electron chi connectivity index (χ4n) is 2.01. The molecule has 1 saturated heterocycles. The largest absolute Gasteiger partial charge is 0.480 e. The van der Waals surface area contributed by atoms with E-state index in [2.05, 4.69) is 0 Å². The van der Waals surface area contributed by atoms with E-state index < -0.39 is 11.6 Å². The SMILES string of the molecule is CC1(OCC(=O)O)CN(C(=O)c2ccc(Cl)cc2)C1. The van der Waals surface area contributed by atoms with Crippen LogP contribution in [0, 0.1) is 0 Å². The fraction of sp³-hybridized carbons (Fsp3) is 0.385. The van der Waals surface area contributed by atoms with Gasteiger partial charge in [0.05, 0.1) is 13.1 Å². The van der Waals surface area contributed by atoms with Crippen LogP contribution in [-0.2, 0) is 9.53 Å². The van der Waals surface area contributed by atoms with Crippen molar-refractivity contribution in [1.82, 2.24) is 4.90 Å². The summed E-state index contributed by atoms with van der Waals surface area (Å²) in [5.74, 6) is -1.11. The Morgan fingerprint density at radius 1 is 1.37 bits per heavy atom. The second-order valence-corrected chi connectivity index (χ2v) is 5.24. The molecule has 0 aromatic heterocycles. The molecule has 1 heterocycles. The summed E-state index contributed by atoms with van der Waals surface area (Å²) < 4.78 is 5.25. The highest BCUT2D eigenvalue weighted by molar-refractivity contribution is 6.30. The van der Waals surface area contributed by atoms with Gasteiger partial charge in [-0.1, -0.05) is 11.6 Å². The van der Waals surface area contributed by atoms with Crippen molar-refractivity contribution < 1.29 is 19.4 Å². The number of hydrogen-bond donors (Lipinski definition) is 1. The van der Waals surface area contributed by atoms with Crippen LogP contribution in [0.1, 0.15) is 17.3 Å². The first-order valence-electron chi connectivity index (χ1n) is 5.80. The molecule has 0 bridgehead atoms. The smallest absolute Gasteiger partial charge is 0.329 e. The lowest BCUT2D eigenvalue weighted by Crippen LogP contribution is -2.63. The van der Waals surface area contributed by atoms with Gasteiger partial charge in [-0.15, -0.1) is 0 Å². The molecule has 102 valence electrons. The monoisotopic (exact) mass is 283 g/mol. The second-order valence-electron chi connectivity index (χ2n) is 4.80. The molecule has 1 N–H and O–H groups in total. The molecule has 0 atom stereocenters. The molecule has 1 aromatic rings. The Balaban J connectivity index is 1.91. The van der Waals surface area contributed by atoms with Crippen molar-refractivity contribution in [2.75, 3.05) is 19.7 Å². The van der Waals surface area contributed by atoms with Crippen LogP contribution in [0.15, 0.2) is 24.3 Å². The highest BCUT2D eigenvalue weighted by Gasteiger charge is 2.42. The molecular formula is C13H14ClNO4. The number of rotatable bonds is 4. The van der Waals surface area contributed by atoms with Crippen LogP contribution in [0.4, 0.5) is 0 Å². The van der Waals surface area contributed by atoms with Crippen molar-refractivity contribution in [2.45, 2.75) is 12.5 Å². The minimum absolute atomic E-state index is 0.104. The minimum Gasteiger partial charge on any atom is -0.480 e. The van der Waals surface area contributed by atoms with Crippen molar-refractivity contribution >= 4 is 23.5 Å². The third-order valence-corrected chi connectivity index (χ3v) is 3.23. The lowest BCUT2D eigenvalue weighted by molar-refractivity contribution is -0.159. The molecule has 1 fully saturated rings. The number of aliphatic carboxylic acids is 1. The highest BCUT2D eigenvalue weighted by Crippen LogP contribution is 2.26. The van der Waals surface area contributed by atoms with E-state index in [-0.39, 0.29) is 12.5 Å². The minimum atomic E-state index is -1.01. The molecule has 0 aliphatic carbocycles. The van der Waals surface area contributed by atoms with E-state index in [1.807, 2.05) is 0 Å². The quantitative estimate of drug-likeness (QED) is 0.912. The maximum Gasteiger partial charge on any atom is 0.329 e. The van der Waals surface area contributed by atoms with E-state index >= 15 is 0 Å². The number of likely N-dealkylation sites (tertiary alicyclic amines) is 1. The summed E-state index contributed by atoms with van der Waals surface area (Å²) in [6.07, 6.45) is 0. The lowest BCUT2D eigenvalue weighted by Gasteiger charge is -2.47. The number of ether oxygens (including phenoxy) is 1. The Morgan fingerprint density at radius 2 is 1.95 bits per heavy atom. The molecule has 1 aliphatic rings. The first-order chi connectivity index (χ1) is 8.89. The van der Waals surface area contributed by atoms with Crippen LogP contribution in [0.5, 0.6) is 0 Å². The lowest BCUT2D eigenvalue weighted by atomic mass is 9.95. The van der Waals surface area contributed by atoms with Crippen LogP contribution in [0.2, 0.25) is 5.02 Å². The Labute approximate surface area is 115 Å². The van der Waals surface area contributed by atoms with Crippen LogP contribution < -0.4 is 0 Å². The number of nitrogens with zero attached hydrogens (tertiary/aromatic N) is 1. The molecular weight excluding hydrogens is 270 g/mol. The van der Waals surface area contributed by atoms with Crippen molar-refractivity contribution in [3.05, 3.63) is 34.9 Å². The number of carboxylic acid groups (broad SMARTS) is 1. The zero-order valence-electron chi connectivity index (χ0n) is 10.4. The van der Waals surface area contributed by atoms with Gasteiger partial charge in [-0.05, 0) is 31.2 Å². The number of amides is 1. The Bertz CT molecular complexity index is 494. The zero-order chi connectivity index (χ0) is 14.0. The van der Waals surface area contributed by atoms with Crippen molar-refractivity contribution in [2.24, 2.45) is 0 Å². The summed E-state index contributed by atoms with van der Waals surface area (Å²) in [6, 6.07) is 6.65. The number of hydrogen-bond acceptors (Lipinski definition) is 3. The Morgan fingerprint density at radius 3 is 2.47 bits per heavy atom. The van der Waals surface area contributed by atoms with Gasteiger partial charge in [0.25, 0.3) is 5.91 Å². The van der Waals surface area contributed by atoms with Gasteiger partial charge >= 0.3 is 5.97 Å². The van der Waals surface area contributed by atoms with Crippen LogP contribution in [0.3, 0.4) is 0 Å². The third kappa shape index (κ3) is 3.24. The first kappa shape index (κ1) is 13.8. The molecule has 2 rings (SSSR count). The maximum absolute atomic E-state index is 12.1. The van der Waals surface area contributed by atoms with E-state index in [1.165, 1.54) is 0 Å². The van der Waals surface area contributed by atoms with E-state index in [0.29, 0.717) is 23.7 Å². The van der Waals surface area contributed by atoms with Crippen molar-refractivity contribution in [1.29, 1.82) is 0 Å². The summed E-state index contributed by atoms with van der Waals surface area (Å²) in [5, 5.41) is 9.14. The topological polar surface area (TPSA) is 66.8 Å². The number of benzene rings is 1. The standard InChI is InChI=1S/C13H14ClNO4/c1-13(19-6-11(16)17)7-15(8-13)12(18)9-2-4-10(14)5-3-9/h2-5H,6-8H2,1H3,(H,16,17). The van der Waals surface area contributed by atoms with Gasteiger partial charge in [0.15, 0.2) is 0 Å². The van der Waals surface area contributed by atoms with Crippen LogP contribution in [-0.4, -0.2) is 47.2 Å². The van der Waals surface area contributed by atoms with Gasteiger partial charge in [0.1, 0.15) is 12.2 Å². The van der Waals surface area contributed by atoms with Crippen LogP contribution in [0.25, 0.3) is 0 Å². The number of carbonyl (C=O) groups is 2. The molecule has 6 heteroatoms. The maximum atomic E-state index is 12.1. The summed E-state index contributed by atoms with van der Waals surface area (Å²) in [4.78, 5) is 24.1. The van der Waals surface area contributed by atoms with Crippen LogP contribution >= 0.6 is 11.6 Å². The second kappa shape index (κ2) is 5.19. The zero-order valence-corrected chi connectivity index (χ0v) is 11.2. The van der Waals surface area contributed by atoms with E-state index in [9.17, 15) is 9.59 Å². The predicted octanol–water partition coefficient (Wildman–Crippen LogP) is 1.66. The molecule has 1 amide bonds. The predicted molar refractivity (Wildman–Crippen MR) is 69.3 cm³/mol. The van der Waals surface area contributed by atoms with Gasteiger partial charge in [-0.25, -0.2) is 4.79 Å². The fourth-order valence-corrected chi connectivity index (χ4v) is 2.13. The average molecular weight is 284 g/mol. The van der Waals surface area contributed by atoms with Gasteiger partial charge < -0.3 is 14.7 Å². The van der Waals surface area contributed by atoms with Crippen molar-refractivity contribution in [3.8, 4) is 0 Å². The normalized spacial score (nSPS) is 16.8. The molecule has 19 heavy (non-hydrogen) atoms. The summed E-state index contributed by atoms with van der Waals surface area (Å²) in [7, 11) is 0. The van der Waals surface area contributed by atoms with E-state index in [1.54, 1.807) is 36.1 Å². The first-order valence-corrected chi connectivity index (χ1v) is 6.18. The number of carbonyl (C=O) groups excluding carboxylic acids is 1. The van der Waals surface area contributed by atoms with Gasteiger partial charge in [-0.2, -0.15) is 0 Å². The molecule has 0 radical (unpaired) electrons. The molecule has 0 unspecified atom stereocenters. The Hall–Kier alpha value is -1.59. The number of carboxylic acids is 1. The van der Waals surface area contributed by atoms with Gasteiger partial charge in [0.2, 0.25) is 0 Å². The molecule has 5 nitrogen and oxygen atoms in total. The summed E-state index contributed by atoms with van der Waals surface area (Å²) >= 11 is 5.76. The summed E-state index contributed by atoms with van der Waals surface area (Å²) in [6.45, 7) is 2.23. The Kier molecular flexibility index (Phi) is 3.78. The van der Waals surface area contributed by atoms with E-state index in [0.717, 1.165) is 0 Å². The highest BCUT2D eigenvalue weighted by atomic mass is 35.5. The molecule has 0 saturated carbocycles. The van der Waals surface area contributed by atoms with Gasteiger partial charge in [0, 0.05) is 10.6 Å².